The highest BCUT2D eigenvalue weighted by molar-refractivity contribution is 6.16. The molecule has 2 aromatic carbocycles. The third-order valence-electron chi connectivity index (χ3n) is 6.88. The van der Waals surface area contributed by atoms with Crippen molar-refractivity contribution >= 4 is 29.4 Å². The molecule has 0 unspecified atom stereocenters. The van der Waals surface area contributed by atoms with Gasteiger partial charge in [-0.25, -0.2) is 0 Å². The fourth-order valence-electron chi connectivity index (χ4n) is 5.58. The molecule has 3 heterocycles. The summed E-state index contributed by atoms with van der Waals surface area (Å²) in [5.74, 6) is -3.13. The summed E-state index contributed by atoms with van der Waals surface area (Å²) in [7, 11) is 0. The van der Waals surface area contributed by atoms with Crippen LogP contribution in [-0.4, -0.2) is 47.8 Å². The van der Waals surface area contributed by atoms with Gasteiger partial charge in [0, 0.05) is 17.3 Å². The van der Waals surface area contributed by atoms with Crippen LogP contribution in [0.15, 0.2) is 54.6 Å². The second-order valence-electron chi connectivity index (χ2n) is 8.71. The number of benzene rings is 2. The Balaban J connectivity index is 1.56. The van der Waals surface area contributed by atoms with Crippen molar-refractivity contribution in [1.29, 1.82) is 0 Å². The smallest absolute Gasteiger partial charge is 0.326 e. The average molecular weight is 447 g/mol. The normalized spacial score (nSPS) is 27.9. The van der Waals surface area contributed by atoms with Crippen LogP contribution in [0.4, 0.5) is 5.69 Å². The average Bonchev–Trinajstić information content (AvgIpc) is 3.34. The zero-order chi connectivity index (χ0) is 23.3. The molecule has 2 saturated heterocycles. The summed E-state index contributed by atoms with van der Waals surface area (Å²) in [4.78, 5) is 55.9. The summed E-state index contributed by atoms with van der Waals surface area (Å²) < 4.78 is 5.07. The quantitative estimate of drug-likeness (QED) is 0.552. The molecule has 5 rings (SSSR count). The predicted octanol–water partition coefficient (Wildman–Crippen LogP) is 1.58. The van der Waals surface area contributed by atoms with Crippen molar-refractivity contribution in [3.8, 4) is 0 Å². The van der Waals surface area contributed by atoms with E-state index < -0.39 is 35.3 Å². The molecule has 3 aliphatic rings. The van der Waals surface area contributed by atoms with E-state index in [0.29, 0.717) is 11.3 Å². The van der Waals surface area contributed by atoms with E-state index in [-0.39, 0.29) is 31.5 Å². The van der Waals surface area contributed by atoms with Crippen molar-refractivity contribution in [2.75, 3.05) is 18.1 Å². The van der Waals surface area contributed by atoms with E-state index in [9.17, 15) is 19.2 Å². The van der Waals surface area contributed by atoms with Crippen LogP contribution in [0.2, 0.25) is 0 Å². The lowest BCUT2D eigenvalue weighted by atomic mass is 9.76. The molecule has 3 aliphatic heterocycles. The number of para-hydroxylation sites is 1. The molecule has 2 fully saturated rings. The number of anilines is 1. The summed E-state index contributed by atoms with van der Waals surface area (Å²) in [5, 5.41) is 3.31. The Morgan fingerprint density at radius 1 is 1.00 bits per heavy atom. The monoisotopic (exact) mass is 447 g/mol. The fraction of sp³-hybridized carbons (Fsp3) is 0.360. The standard InChI is InChI=1S/C25H25N3O5/c1-3-33-19(29)14-27-18-12-8-7-11-17(18)25(24(27)32)21-20(15(2)26-25)22(30)28(23(21)31)13-16-9-5-4-6-10-16/h4-12,15,20-21,26H,3,13-14H2,1-2H3/t15-,20-,21-,25+/m1/s1. The number of esters is 1. The van der Waals surface area contributed by atoms with Crippen molar-refractivity contribution in [1.82, 2.24) is 10.2 Å². The van der Waals surface area contributed by atoms with Crippen molar-refractivity contribution in [3.63, 3.8) is 0 Å². The summed E-state index contributed by atoms with van der Waals surface area (Å²) in [6.07, 6.45) is 0. The van der Waals surface area contributed by atoms with Crippen molar-refractivity contribution < 1.29 is 23.9 Å². The van der Waals surface area contributed by atoms with Crippen LogP contribution in [0.1, 0.15) is 25.0 Å². The molecule has 1 N–H and O–H groups in total. The molecule has 0 aromatic heterocycles. The number of carbonyl (C=O) groups is 4. The lowest BCUT2D eigenvalue weighted by molar-refractivity contribution is -0.144. The third-order valence-corrected chi connectivity index (χ3v) is 6.88. The molecule has 1 spiro atoms. The van der Waals surface area contributed by atoms with E-state index in [1.165, 1.54) is 9.80 Å². The van der Waals surface area contributed by atoms with Crippen LogP contribution < -0.4 is 10.2 Å². The van der Waals surface area contributed by atoms with Crippen molar-refractivity contribution in [3.05, 3.63) is 65.7 Å². The number of hydrogen-bond acceptors (Lipinski definition) is 6. The highest BCUT2D eigenvalue weighted by Crippen LogP contribution is 2.54. The molecule has 4 atom stereocenters. The Hall–Kier alpha value is -3.52. The molecule has 8 heteroatoms. The topological polar surface area (TPSA) is 96.0 Å². The Morgan fingerprint density at radius 3 is 2.42 bits per heavy atom. The van der Waals surface area contributed by atoms with Gasteiger partial charge in [0.25, 0.3) is 5.91 Å². The van der Waals surface area contributed by atoms with E-state index in [1.807, 2.05) is 37.3 Å². The molecule has 2 aromatic rings. The molecule has 8 nitrogen and oxygen atoms in total. The van der Waals surface area contributed by atoms with Gasteiger partial charge in [-0.1, -0.05) is 48.5 Å². The largest absolute Gasteiger partial charge is 0.465 e. The summed E-state index contributed by atoms with van der Waals surface area (Å²) in [6, 6.07) is 16.0. The minimum absolute atomic E-state index is 0.163. The van der Waals surface area contributed by atoms with E-state index in [2.05, 4.69) is 5.32 Å². The number of likely N-dealkylation sites (tertiary alicyclic amines) is 1. The van der Waals surface area contributed by atoms with Crippen LogP contribution in [-0.2, 0) is 36.0 Å². The summed E-state index contributed by atoms with van der Waals surface area (Å²) >= 11 is 0. The molecule has 0 bridgehead atoms. The first-order valence-electron chi connectivity index (χ1n) is 11.1. The Bertz CT molecular complexity index is 1150. The van der Waals surface area contributed by atoms with Gasteiger partial charge in [-0.15, -0.1) is 0 Å². The van der Waals surface area contributed by atoms with Gasteiger partial charge in [0.1, 0.15) is 12.1 Å². The van der Waals surface area contributed by atoms with Crippen LogP contribution in [0.25, 0.3) is 0 Å². The molecule has 33 heavy (non-hydrogen) atoms. The van der Waals surface area contributed by atoms with Gasteiger partial charge in [0.2, 0.25) is 11.8 Å². The number of ether oxygens (including phenoxy) is 1. The first kappa shape index (κ1) is 21.3. The van der Waals surface area contributed by atoms with E-state index in [0.717, 1.165) is 5.56 Å². The molecule has 170 valence electrons. The molecule has 3 amide bonds. The number of rotatable bonds is 5. The van der Waals surface area contributed by atoms with E-state index in [4.69, 9.17) is 4.74 Å². The second kappa shape index (κ2) is 7.81. The number of imide groups is 1. The minimum Gasteiger partial charge on any atom is -0.465 e. The Morgan fingerprint density at radius 2 is 1.70 bits per heavy atom. The maximum Gasteiger partial charge on any atom is 0.326 e. The van der Waals surface area contributed by atoms with Crippen LogP contribution in [0.3, 0.4) is 0 Å². The molecular formula is C25H25N3O5. The molecule has 0 aliphatic carbocycles. The highest BCUT2D eigenvalue weighted by Gasteiger charge is 2.70. The van der Waals surface area contributed by atoms with Gasteiger partial charge >= 0.3 is 5.97 Å². The Kier molecular flexibility index (Phi) is 5.05. The maximum absolute atomic E-state index is 13.9. The van der Waals surface area contributed by atoms with E-state index in [1.54, 1.807) is 31.2 Å². The lowest BCUT2D eigenvalue weighted by Gasteiger charge is -2.30. The van der Waals surface area contributed by atoms with Gasteiger partial charge < -0.3 is 4.74 Å². The van der Waals surface area contributed by atoms with Gasteiger partial charge in [-0.3, -0.25) is 34.3 Å². The van der Waals surface area contributed by atoms with Crippen LogP contribution >= 0.6 is 0 Å². The minimum atomic E-state index is -1.40. The third kappa shape index (κ3) is 3.01. The number of amides is 3. The summed E-state index contributed by atoms with van der Waals surface area (Å²) in [6.45, 7) is 3.64. The maximum atomic E-state index is 13.9. The first-order chi connectivity index (χ1) is 15.9. The molecule has 0 saturated carbocycles. The second-order valence-corrected chi connectivity index (χ2v) is 8.71. The lowest BCUT2D eigenvalue weighted by Crippen LogP contribution is -2.55. The van der Waals surface area contributed by atoms with E-state index >= 15 is 0 Å². The van der Waals surface area contributed by atoms with Crippen molar-refractivity contribution in [2.24, 2.45) is 11.8 Å². The number of nitrogens with zero attached hydrogens (tertiary/aromatic N) is 2. The number of nitrogens with one attached hydrogen (secondary N) is 1. The predicted molar refractivity (Wildman–Crippen MR) is 119 cm³/mol. The number of hydrogen-bond donors (Lipinski definition) is 1. The van der Waals surface area contributed by atoms with Gasteiger partial charge in [-0.05, 0) is 25.5 Å². The van der Waals surface area contributed by atoms with Crippen LogP contribution in [0, 0.1) is 11.8 Å². The first-order valence-corrected chi connectivity index (χ1v) is 11.1. The highest BCUT2D eigenvalue weighted by atomic mass is 16.5. The Labute approximate surface area is 191 Å². The molecular weight excluding hydrogens is 422 g/mol. The van der Waals surface area contributed by atoms with Crippen LogP contribution in [0.5, 0.6) is 0 Å². The SMILES string of the molecule is CCOC(=O)CN1C(=O)[C@]2(N[C@H](C)[C@H]3C(=O)N(Cc4ccccc4)C(=O)[C@@H]32)c2ccccc21. The number of fused-ring (bicyclic) bond motifs is 4. The fourth-order valence-corrected chi connectivity index (χ4v) is 5.58. The zero-order valence-corrected chi connectivity index (χ0v) is 18.5. The van der Waals surface area contributed by atoms with Crippen molar-refractivity contribution in [2.45, 2.75) is 32.0 Å². The van der Waals surface area contributed by atoms with Gasteiger partial charge in [0.05, 0.1) is 25.0 Å². The summed E-state index contributed by atoms with van der Waals surface area (Å²) in [5.41, 5.74) is 0.612. The van der Waals surface area contributed by atoms with Gasteiger partial charge in [0.15, 0.2) is 0 Å². The number of carbonyl (C=O) groups excluding carboxylic acids is 4. The van der Waals surface area contributed by atoms with Gasteiger partial charge in [-0.2, -0.15) is 0 Å². The molecule has 0 radical (unpaired) electrons. The zero-order valence-electron chi connectivity index (χ0n) is 18.5.